The van der Waals surface area contributed by atoms with Crippen LogP contribution in [0.3, 0.4) is 0 Å². The van der Waals surface area contributed by atoms with Gasteiger partial charge in [-0.15, -0.1) is 0 Å². The van der Waals surface area contributed by atoms with Crippen LogP contribution in [0, 0.1) is 0 Å². The molecule has 0 unspecified atom stereocenters. The van der Waals surface area contributed by atoms with Crippen LogP contribution in [0.1, 0.15) is 42.2 Å². The van der Waals surface area contributed by atoms with Crippen LogP contribution in [0.25, 0.3) is 0 Å². The first-order chi connectivity index (χ1) is 8.63. The molecular weight excluding hydrogens is 230 g/mol. The summed E-state index contributed by atoms with van der Waals surface area (Å²) >= 11 is 0. The molecule has 0 aliphatic carbocycles. The molecule has 18 heavy (non-hydrogen) atoms. The van der Waals surface area contributed by atoms with Gasteiger partial charge in [-0.2, -0.15) is 5.10 Å². The highest BCUT2D eigenvalue weighted by Gasteiger charge is 2.23. The molecule has 5 nitrogen and oxygen atoms in total. The molecule has 1 fully saturated rings. The normalized spacial score (nSPS) is 20.9. The van der Waals surface area contributed by atoms with Gasteiger partial charge in [0.05, 0.1) is 19.0 Å². The van der Waals surface area contributed by atoms with E-state index in [0.29, 0.717) is 11.6 Å². The van der Waals surface area contributed by atoms with Crippen LogP contribution >= 0.6 is 0 Å². The number of hydrogen-bond acceptors (Lipinski definition) is 4. The minimum Gasteiger partial charge on any atom is -0.465 e. The van der Waals surface area contributed by atoms with Crippen molar-refractivity contribution in [2.24, 2.45) is 7.05 Å². The van der Waals surface area contributed by atoms with Crippen molar-refractivity contribution >= 4 is 5.97 Å². The lowest BCUT2D eigenvalue weighted by molar-refractivity contribution is 0.0596. The number of likely N-dealkylation sites (tertiary alicyclic amines) is 1. The fraction of sp³-hybridized carbons (Fsp3) is 0.692. The second-order valence-electron chi connectivity index (χ2n) is 4.94. The van der Waals surface area contributed by atoms with Crippen LogP contribution in [-0.4, -0.2) is 40.3 Å². The van der Waals surface area contributed by atoms with Crippen molar-refractivity contribution in [1.29, 1.82) is 0 Å². The summed E-state index contributed by atoms with van der Waals surface area (Å²) < 4.78 is 6.57. The van der Waals surface area contributed by atoms with Gasteiger partial charge in [-0.25, -0.2) is 4.79 Å². The van der Waals surface area contributed by atoms with Crippen molar-refractivity contribution in [2.75, 3.05) is 13.7 Å². The van der Waals surface area contributed by atoms with Crippen molar-refractivity contribution in [3.05, 3.63) is 17.5 Å². The van der Waals surface area contributed by atoms with E-state index < -0.39 is 0 Å². The van der Waals surface area contributed by atoms with E-state index in [1.165, 1.54) is 26.4 Å². The van der Waals surface area contributed by atoms with Gasteiger partial charge in [0, 0.05) is 19.6 Å². The Balaban J connectivity index is 2.17. The number of rotatable bonds is 3. The van der Waals surface area contributed by atoms with Crippen molar-refractivity contribution in [3.63, 3.8) is 0 Å². The maximum atomic E-state index is 11.7. The summed E-state index contributed by atoms with van der Waals surface area (Å²) in [6.45, 7) is 4.10. The Bertz CT molecular complexity index is 428. The molecule has 0 radical (unpaired) electrons. The zero-order valence-corrected chi connectivity index (χ0v) is 11.3. The van der Waals surface area contributed by atoms with Gasteiger partial charge in [0.1, 0.15) is 5.56 Å². The van der Waals surface area contributed by atoms with E-state index in [9.17, 15) is 4.79 Å². The number of methoxy groups -OCH3 is 1. The maximum Gasteiger partial charge on any atom is 0.341 e. The number of nitrogens with zero attached hydrogens (tertiary/aromatic N) is 3. The summed E-state index contributed by atoms with van der Waals surface area (Å²) in [4.78, 5) is 14.1. The fourth-order valence-electron chi connectivity index (χ4n) is 2.52. The van der Waals surface area contributed by atoms with Gasteiger partial charge < -0.3 is 4.74 Å². The van der Waals surface area contributed by atoms with Crippen LogP contribution < -0.4 is 0 Å². The van der Waals surface area contributed by atoms with Crippen LogP contribution in [0.15, 0.2) is 6.20 Å². The van der Waals surface area contributed by atoms with Gasteiger partial charge in [0.15, 0.2) is 0 Å². The third-order valence-corrected chi connectivity index (χ3v) is 3.76. The van der Waals surface area contributed by atoms with Gasteiger partial charge in [0.2, 0.25) is 0 Å². The van der Waals surface area contributed by atoms with Gasteiger partial charge in [0.25, 0.3) is 0 Å². The molecule has 2 heterocycles. The van der Waals surface area contributed by atoms with E-state index in [2.05, 4.69) is 16.9 Å². The lowest BCUT2D eigenvalue weighted by atomic mass is 10.0. The summed E-state index contributed by atoms with van der Waals surface area (Å²) in [6, 6.07) is 0.569. The quantitative estimate of drug-likeness (QED) is 0.765. The molecule has 0 bridgehead atoms. The average molecular weight is 251 g/mol. The monoisotopic (exact) mass is 251 g/mol. The van der Waals surface area contributed by atoms with E-state index in [0.717, 1.165) is 18.8 Å². The minimum absolute atomic E-state index is 0.303. The first-order valence-corrected chi connectivity index (χ1v) is 6.46. The van der Waals surface area contributed by atoms with Crippen molar-refractivity contribution in [2.45, 2.75) is 38.8 Å². The molecule has 1 saturated heterocycles. The molecule has 1 aromatic heterocycles. The van der Waals surface area contributed by atoms with Crippen LogP contribution in [0.4, 0.5) is 0 Å². The molecule has 1 aliphatic rings. The Morgan fingerprint density at radius 2 is 2.33 bits per heavy atom. The summed E-state index contributed by atoms with van der Waals surface area (Å²) in [6.07, 6.45) is 5.35. The number of piperidine rings is 1. The molecule has 0 aromatic carbocycles. The molecule has 100 valence electrons. The highest BCUT2D eigenvalue weighted by molar-refractivity contribution is 5.90. The molecule has 2 rings (SSSR count). The lowest BCUT2D eigenvalue weighted by Gasteiger charge is -2.33. The minimum atomic E-state index is -0.303. The SMILES string of the molecule is COC(=O)c1cnn(C)c1CN1CCCC[C@@H]1C. The average Bonchev–Trinajstić information content (AvgIpc) is 2.73. The number of hydrogen-bond donors (Lipinski definition) is 0. The number of esters is 1. The summed E-state index contributed by atoms with van der Waals surface area (Å²) in [7, 11) is 3.28. The third kappa shape index (κ3) is 2.56. The van der Waals surface area contributed by atoms with E-state index in [-0.39, 0.29) is 5.97 Å². The molecule has 1 aromatic rings. The molecule has 0 spiro atoms. The number of aryl methyl sites for hydroxylation is 1. The molecule has 5 heteroatoms. The number of carbonyl (C=O) groups is 1. The Labute approximate surface area is 108 Å². The van der Waals surface area contributed by atoms with Gasteiger partial charge in [-0.3, -0.25) is 9.58 Å². The topological polar surface area (TPSA) is 47.4 Å². The second kappa shape index (κ2) is 5.52. The van der Waals surface area contributed by atoms with E-state index >= 15 is 0 Å². The lowest BCUT2D eigenvalue weighted by Crippen LogP contribution is -2.37. The second-order valence-corrected chi connectivity index (χ2v) is 4.94. The van der Waals surface area contributed by atoms with Gasteiger partial charge in [-0.1, -0.05) is 6.42 Å². The maximum absolute atomic E-state index is 11.7. The molecule has 0 N–H and O–H groups in total. The van der Waals surface area contributed by atoms with Gasteiger partial charge in [-0.05, 0) is 26.3 Å². The van der Waals surface area contributed by atoms with Crippen molar-refractivity contribution in [3.8, 4) is 0 Å². The third-order valence-electron chi connectivity index (χ3n) is 3.76. The van der Waals surface area contributed by atoms with Gasteiger partial charge >= 0.3 is 5.97 Å². The number of carbonyl (C=O) groups excluding carboxylic acids is 1. The molecule has 0 saturated carbocycles. The zero-order valence-electron chi connectivity index (χ0n) is 11.3. The molecule has 0 amide bonds. The fourth-order valence-corrected chi connectivity index (χ4v) is 2.52. The van der Waals surface area contributed by atoms with Crippen LogP contribution in [0.5, 0.6) is 0 Å². The Morgan fingerprint density at radius 3 is 3.00 bits per heavy atom. The highest BCUT2D eigenvalue weighted by atomic mass is 16.5. The van der Waals surface area contributed by atoms with E-state index in [1.54, 1.807) is 10.9 Å². The molecular formula is C13H21N3O2. The largest absolute Gasteiger partial charge is 0.465 e. The molecule has 1 aliphatic heterocycles. The zero-order chi connectivity index (χ0) is 13.1. The first kappa shape index (κ1) is 13.1. The van der Waals surface area contributed by atoms with Crippen LogP contribution in [-0.2, 0) is 18.3 Å². The summed E-state index contributed by atoms with van der Waals surface area (Å²) in [5, 5.41) is 4.17. The Kier molecular flexibility index (Phi) is 4.01. The number of aromatic nitrogens is 2. The standard InChI is InChI=1S/C13H21N3O2/c1-10-6-4-5-7-16(10)9-12-11(13(17)18-3)8-14-15(12)2/h8,10H,4-7,9H2,1-3H3/t10-/m0/s1. The van der Waals surface area contributed by atoms with E-state index in [1.807, 2.05) is 7.05 Å². The smallest absolute Gasteiger partial charge is 0.341 e. The van der Waals surface area contributed by atoms with Crippen LogP contribution in [0.2, 0.25) is 0 Å². The summed E-state index contributed by atoms with van der Waals surface area (Å²) in [5.41, 5.74) is 1.52. The van der Waals surface area contributed by atoms with Crippen molar-refractivity contribution in [1.82, 2.24) is 14.7 Å². The number of ether oxygens (including phenoxy) is 1. The predicted octanol–water partition coefficient (Wildman–Crippen LogP) is 1.58. The first-order valence-electron chi connectivity index (χ1n) is 6.46. The highest BCUT2D eigenvalue weighted by Crippen LogP contribution is 2.20. The Hall–Kier alpha value is -1.36. The van der Waals surface area contributed by atoms with Crippen molar-refractivity contribution < 1.29 is 9.53 Å². The predicted molar refractivity (Wildman–Crippen MR) is 68.3 cm³/mol. The van der Waals surface area contributed by atoms with E-state index in [4.69, 9.17) is 4.74 Å². The summed E-state index contributed by atoms with van der Waals surface area (Å²) in [5.74, 6) is -0.303. The molecule has 1 atom stereocenters. The Morgan fingerprint density at radius 1 is 1.56 bits per heavy atom.